The van der Waals surface area contributed by atoms with Crippen molar-refractivity contribution in [3.8, 4) is 5.75 Å². The Balaban J connectivity index is 2.02. The molecule has 0 aliphatic heterocycles. The van der Waals surface area contributed by atoms with Crippen molar-refractivity contribution in [2.75, 3.05) is 26.6 Å². The number of fused-ring (bicyclic) bond motifs is 3. The highest BCUT2D eigenvalue weighted by atomic mass is 32.2. The largest absolute Gasteiger partial charge is 0.497 e. The predicted molar refractivity (Wildman–Crippen MR) is 152 cm³/mol. The van der Waals surface area contributed by atoms with Gasteiger partial charge in [0.2, 0.25) is 0 Å². The summed E-state index contributed by atoms with van der Waals surface area (Å²) >= 11 is 0. The third-order valence-electron chi connectivity index (χ3n) is 6.74. The number of hydrogen-bond donors (Lipinski definition) is 1. The zero-order valence-electron chi connectivity index (χ0n) is 22.2. The van der Waals surface area contributed by atoms with E-state index in [-0.39, 0.29) is 27.2 Å². The first-order valence-corrected chi connectivity index (χ1v) is 13.7. The van der Waals surface area contributed by atoms with Crippen LogP contribution in [0.5, 0.6) is 5.75 Å². The molecule has 204 valence electrons. The van der Waals surface area contributed by atoms with Crippen molar-refractivity contribution in [3.05, 3.63) is 95.6 Å². The van der Waals surface area contributed by atoms with Crippen molar-refractivity contribution in [3.63, 3.8) is 0 Å². The first-order valence-electron chi connectivity index (χ1n) is 12.2. The minimum atomic E-state index is -4.19. The summed E-state index contributed by atoms with van der Waals surface area (Å²) in [6, 6.07) is 21.8. The number of benzene rings is 4. The number of carbonyl (C=O) groups is 2. The van der Waals surface area contributed by atoms with Crippen LogP contribution in [0.25, 0.3) is 21.8 Å². The average Bonchev–Trinajstić information content (AvgIpc) is 3.35. The average molecular weight is 559 g/mol. The minimum absolute atomic E-state index is 0.0297. The third kappa shape index (κ3) is 4.22. The predicted octanol–water partition coefficient (Wildman–Crippen LogP) is 5.67. The number of para-hydroxylation sites is 1. The standard InChI is InChI=1S/C30H26N2O7S/c1-18-24-22-12-8-9-13-23(22)32(40(35,36)21-10-6-5-7-11-21)28(24)27(31-19-14-16-20(37-2)17-15-19)26(30(34)39-4)25(18)29(33)38-3/h5-17,31H,1-4H3. The molecule has 0 aliphatic carbocycles. The lowest BCUT2D eigenvalue weighted by Gasteiger charge is -2.20. The number of anilines is 2. The van der Waals surface area contributed by atoms with Crippen molar-refractivity contribution < 1.29 is 32.2 Å². The molecule has 0 atom stereocenters. The maximum Gasteiger partial charge on any atom is 0.340 e. The number of aryl methyl sites for hydroxylation is 1. The fraction of sp³-hybridized carbons (Fsp3) is 0.133. The van der Waals surface area contributed by atoms with Crippen LogP contribution in [0.4, 0.5) is 11.4 Å². The molecule has 0 spiro atoms. The molecule has 1 N–H and O–H groups in total. The van der Waals surface area contributed by atoms with E-state index in [4.69, 9.17) is 14.2 Å². The zero-order valence-corrected chi connectivity index (χ0v) is 23.0. The fourth-order valence-electron chi connectivity index (χ4n) is 4.93. The van der Waals surface area contributed by atoms with Crippen LogP contribution in [-0.4, -0.2) is 45.7 Å². The van der Waals surface area contributed by atoms with Gasteiger partial charge in [-0.3, -0.25) is 0 Å². The Labute approximate surface area is 230 Å². The lowest BCUT2D eigenvalue weighted by molar-refractivity contribution is 0.0555. The molecule has 0 amide bonds. The molecule has 5 rings (SSSR count). The summed E-state index contributed by atoms with van der Waals surface area (Å²) in [7, 11) is -0.246. The van der Waals surface area contributed by atoms with Crippen molar-refractivity contribution >= 4 is 55.1 Å². The summed E-state index contributed by atoms with van der Waals surface area (Å²) in [6.07, 6.45) is 0. The first kappa shape index (κ1) is 26.8. The molecule has 1 aromatic heterocycles. The van der Waals surface area contributed by atoms with Crippen LogP contribution in [0.1, 0.15) is 26.3 Å². The van der Waals surface area contributed by atoms with E-state index in [1.807, 2.05) is 0 Å². The topological polar surface area (TPSA) is 113 Å². The molecule has 0 saturated heterocycles. The van der Waals surface area contributed by atoms with Gasteiger partial charge in [0, 0.05) is 16.5 Å². The Morgan fingerprint density at radius 3 is 2.00 bits per heavy atom. The molecule has 4 aromatic carbocycles. The van der Waals surface area contributed by atoms with Crippen molar-refractivity contribution in [2.45, 2.75) is 11.8 Å². The molecule has 1 heterocycles. The van der Waals surface area contributed by atoms with Crippen LogP contribution in [0, 0.1) is 6.92 Å². The Hall–Kier alpha value is -4.83. The number of ether oxygens (including phenoxy) is 3. The van der Waals surface area contributed by atoms with Crippen molar-refractivity contribution in [1.29, 1.82) is 0 Å². The maximum atomic E-state index is 14.3. The highest BCUT2D eigenvalue weighted by molar-refractivity contribution is 7.90. The molecule has 0 bridgehead atoms. The summed E-state index contributed by atoms with van der Waals surface area (Å²) < 4.78 is 45.2. The van der Waals surface area contributed by atoms with Crippen LogP contribution >= 0.6 is 0 Å². The van der Waals surface area contributed by atoms with E-state index in [0.29, 0.717) is 33.3 Å². The molecule has 0 radical (unpaired) electrons. The number of rotatable bonds is 7. The van der Waals surface area contributed by atoms with Gasteiger partial charge in [0.25, 0.3) is 10.0 Å². The van der Waals surface area contributed by atoms with Gasteiger partial charge in [-0.2, -0.15) is 0 Å². The van der Waals surface area contributed by atoms with Gasteiger partial charge in [0.15, 0.2) is 0 Å². The number of nitrogens with one attached hydrogen (secondary N) is 1. The Morgan fingerprint density at radius 1 is 0.775 bits per heavy atom. The van der Waals surface area contributed by atoms with E-state index in [2.05, 4.69) is 5.32 Å². The van der Waals surface area contributed by atoms with Crippen molar-refractivity contribution in [2.24, 2.45) is 0 Å². The van der Waals surface area contributed by atoms with E-state index in [9.17, 15) is 18.0 Å². The van der Waals surface area contributed by atoms with Crippen LogP contribution in [0.15, 0.2) is 83.8 Å². The Kier molecular flexibility index (Phi) is 6.95. The summed E-state index contributed by atoms with van der Waals surface area (Å²) in [5, 5.41) is 4.25. The van der Waals surface area contributed by atoms with E-state index < -0.39 is 22.0 Å². The van der Waals surface area contributed by atoms with Gasteiger partial charge in [-0.15, -0.1) is 0 Å². The second kappa shape index (κ2) is 10.4. The highest BCUT2D eigenvalue weighted by Crippen LogP contribution is 2.44. The second-order valence-corrected chi connectivity index (χ2v) is 10.7. The fourth-order valence-corrected chi connectivity index (χ4v) is 6.48. The number of hydrogen-bond acceptors (Lipinski definition) is 8. The van der Waals surface area contributed by atoms with Gasteiger partial charge >= 0.3 is 11.9 Å². The van der Waals surface area contributed by atoms with Gasteiger partial charge in [0.1, 0.15) is 11.3 Å². The van der Waals surface area contributed by atoms with Gasteiger partial charge in [0.05, 0.1) is 48.5 Å². The summed E-state index contributed by atoms with van der Waals surface area (Å²) in [5.74, 6) is -1.00. The van der Waals surface area contributed by atoms with E-state index >= 15 is 0 Å². The summed E-state index contributed by atoms with van der Waals surface area (Å²) in [5.41, 5.74) is 1.35. The third-order valence-corrected chi connectivity index (χ3v) is 8.47. The lowest BCUT2D eigenvalue weighted by Crippen LogP contribution is -2.19. The normalized spacial score (nSPS) is 11.4. The molecular weight excluding hydrogens is 532 g/mol. The Morgan fingerprint density at radius 2 is 1.38 bits per heavy atom. The molecular formula is C30H26N2O7S. The second-order valence-electron chi connectivity index (χ2n) is 8.91. The van der Waals surface area contributed by atoms with E-state index in [1.54, 1.807) is 73.7 Å². The molecule has 5 aromatic rings. The molecule has 9 nitrogen and oxygen atoms in total. The van der Waals surface area contributed by atoms with Crippen LogP contribution < -0.4 is 10.1 Å². The number of nitrogens with zero attached hydrogens (tertiary/aromatic N) is 1. The molecule has 10 heteroatoms. The molecule has 0 unspecified atom stereocenters. The van der Waals surface area contributed by atoms with Crippen LogP contribution in [0.3, 0.4) is 0 Å². The number of aromatic nitrogens is 1. The molecule has 0 aliphatic rings. The Bertz CT molecular complexity index is 1880. The highest BCUT2D eigenvalue weighted by Gasteiger charge is 2.34. The van der Waals surface area contributed by atoms with E-state index in [1.165, 1.54) is 37.4 Å². The van der Waals surface area contributed by atoms with Gasteiger partial charge in [-0.1, -0.05) is 36.4 Å². The van der Waals surface area contributed by atoms with E-state index in [0.717, 1.165) is 0 Å². The first-order chi connectivity index (χ1) is 19.2. The number of carbonyl (C=O) groups excluding carboxylic acids is 2. The van der Waals surface area contributed by atoms with Gasteiger partial charge in [-0.05, 0) is 55.0 Å². The van der Waals surface area contributed by atoms with Crippen LogP contribution in [0.2, 0.25) is 0 Å². The number of methoxy groups -OCH3 is 3. The monoisotopic (exact) mass is 558 g/mol. The quantitative estimate of drug-likeness (QED) is 0.255. The summed E-state index contributed by atoms with van der Waals surface area (Å²) in [6.45, 7) is 1.66. The maximum absolute atomic E-state index is 14.3. The molecule has 0 fully saturated rings. The summed E-state index contributed by atoms with van der Waals surface area (Å²) in [4.78, 5) is 26.6. The van der Waals surface area contributed by atoms with Crippen molar-refractivity contribution in [1.82, 2.24) is 3.97 Å². The molecule has 40 heavy (non-hydrogen) atoms. The van der Waals surface area contributed by atoms with Gasteiger partial charge < -0.3 is 19.5 Å². The zero-order chi connectivity index (χ0) is 28.6. The smallest absolute Gasteiger partial charge is 0.340 e. The lowest BCUT2D eigenvalue weighted by atomic mass is 9.94. The number of esters is 2. The van der Waals surface area contributed by atoms with Crippen LogP contribution in [-0.2, 0) is 19.5 Å². The SMILES string of the molecule is COC(=O)c1c(C(=O)OC)c(Nc2ccc(OC)cc2)c2c(c1C)c1ccccc1n2S(=O)(=O)c1ccccc1. The van der Waals surface area contributed by atoms with Gasteiger partial charge in [-0.25, -0.2) is 22.0 Å². The minimum Gasteiger partial charge on any atom is -0.497 e. The molecule has 0 saturated carbocycles.